The van der Waals surface area contributed by atoms with E-state index >= 15 is 0 Å². The number of halogens is 1. The van der Waals surface area contributed by atoms with Gasteiger partial charge in [-0.3, -0.25) is 0 Å². The van der Waals surface area contributed by atoms with Crippen molar-refractivity contribution in [3.05, 3.63) is 27.2 Å². The van der Waals surface area contributed by atoms with Crippen molar-refractivity contribution in [1.29, 1.82) is 0 Å². The lowest BCUT2D eigenvalue weighted by atomic mass is 10.2. The van der Waals surface area contributed by atoms with E-state index in [1.807, 2.05) is 0 Å². The Morgan fingerprint density at radius 2 is 2.21 bits per heavy atom. The van der Waals surface area contributed by atoms with Gasteiger partial charge in [-0.2, -0.15) is 0 Å². The standard InChI is InChI=1S/C12H13BrN4OS/c1-3-4-7-10(13)12(19)17-11(16-7)8-5-9(18-2)15-6-14-8/h5-6H,3-4H2,1-2H3,(H,16,17,19). The van der Waals surface area contributed by atoms with Gasteiger partial charge in [0.05, 0.1) is 11.6 Å². The van der Waals surface area contributed by atoms with E-state index in [1.54, 1.807) is 13.2 Å². The topological polar surface area (TPSA) is 63.7 Å². The highest BCUT2D eigenvalue weighted by Crippen LogP contribution is 2.22. The molecule has 0 aromatic carbocycles. The molecule has 0 spiro atoms. The van der Waals surface area contributed by atoms with Crippen molar-refractivity contribution in [1.82, 2.24) is 19.9 Å². The van der Waals surface area contributed by atoms with Crippen molar-refractivity contribution in [2.75, 3.05) is 7.11 Å². The molecule has 2 heterocycles. The van der Waals surface area contributed by atoms with Crippen molar-refractivity contribution in [2.45, 2.75) is 19.8 Å². The van der Waals surface area contributed by atoms with Gasteiger partial charge in [0.25, 0.3) is 0 Å². The largest absolute Gasteiger partial charge is 0.481 e. The second kappa shape index (κ2) is 6.21. The minimum absolute atomic E-state index is 0.492. The Bertz CT molecular complexity index is 644. The average molecular weight is 341 g/mol. The van der Waals surface area contributed by atoms with Crippen LogP contribution in [0, 0.1) is 4.64 Å². The monoisotopic (exact) mass is 340 g/mol. The first-order valence-electron chi connectivity index (χ1n) is 5.80. The number of rotatable bonds is 4. The Balaban J connectivity index is 2.52. The molecule has 0 saturated carbocycles. The van der Waals surface area contributed by atoms with Crippen molar-refractivity contribution < 1.29 is 4.74 Å². The Morgan fingerprint density at radius 3 is 2.89 bits per heavy atom. The SMILES string of the molecule is CCCc1[nH]c(-c2cc(OC)ncn2)nc(=S)c1Br. The number of hydrogen-bond acceptors (Lipinski definition) is 5. The van der Waals surface area contributed by atoms with Gasteiger partial charge in [0.15, 0.2) is 5.82 Å². The summed E-state index contributed by atoms with van der Waals surface area (Å²) in [5, 5.41) is 0. The smallest absolute Gasteiger partial charge is 0.216 e. The van der Waals surface area contributed by atoms with Gasteiger partial charge < -0.3 is 9.72 Å². The molecule has 19 heavy (non-hydrogen) atoms. The second-order valence-corrected chi connectivity index (χ2v) is 5.06. The minimum Gasteiger partial charge on any atom is -0.481 e. The van der Waals surface area contributed by atoms with Gasteiger partial charge in [0, 0.05) is 11.8 Å². The molecule has 2 rings (SSSR count). The summed E-state index contributed by atoms with van der Waals surface area (Å²) in [5.74, 6) is 1.11. The summed E-state index contributed by atoms with van der Waals surface area (Å²) in [6.45, 7) is 2.11. The third-order valence-corrected chi connectivity index (χ3v) is 3.94. The summed E-state index contributed by atoms with van der Waals surface area (Å²) in [4.78, 5) is 15.7. The fraction of sp³-hybridized carbons (Fsp3) is 0.333. The Kier molecular flexibility index (Phi) is 4.60. The van der Waals surface area contributed by atoms with E-state index in [-0.39, 0.29) is 0 Å². The minimum atomic E-state index is 0.492. The lowest BCUT2D eigenvalue weighted by molar-refractivity contribution is 0.397. The van der Waals surface area contributed by atoms with Crippen molar-refractivity contribution >= 4 is 28.1 Å². The van der Waals surface area contributed by atoms with Gasteiger partial charge in [-0.05, 0) is 22.4 Å². The van der Waals surface area contributed by atoms with E-state index in [4.69, 9.17) is 17.0 Å². The quantitative estimate of drug-likeness (QED) is 0.865. The van der Waals surface area contributed by atoms with Crippen molar-refractivity contribution in [2.24, 2.45) is 0 Å². The number of ether oxygens (including phenoxy) is 1. The summed E-state index contributed by atoms with van der Waals surface area (Å²) in [7, 11) is 1.56. The molecule has 0 fully saturated rings. The summed E-state index contributed by atoms with van der Waals surface area (Å²) in [5.41, 5.74) is 1.68. The van der Waals surface area contributed by atoms with Crippen molar-refractivity contribution in [3.63, 3.8) is 0 Å². The van der Waals surface area contributed by atoms with Gasteiger partial charge in [-0.25, -0.2) is 15.0 Å². The average Bonchev–Trinajstić information content (AvgIpc) is 2.44. The molecule has 0 unspecified atom stereocenters. The van der Waals surface area contributed by atoms with E-state index < -0.39 is 0 Å². The highest BCUT2D eigenvalue weighted by atomic mass is 79.9. The zero-order valence-corrected chi connectivity index (χ0v) is 13.0. The maximum absolute atomic E-state index is 5.25. The van der Waals surface area contributed by atoms with Crippen LogP contribution in [-0.2, 0) is 6.42 Å². The van der Waals surface area contributed by atoms with Crippen LogP contribution in [0.5, 0.6) is 5.88 Å². The summed E-state index contributed by atoms with van der Waals surface area (Å²) in [6, 6.07) is 1.72. The number of aryl methyl sites for hydroxylation is 1. The second-order valence-electron chi connectivity index (χ2n) is 3.88. The molecule has 0 aliphatic carbocycles. The summed E-state index contributed by atoms with van der Waals surface area (Å²) in [6.07, 6.45) is 3.34. The van der Waals surface area contributed by atoms with Crippen LogP contribution < -0.4 is 4.74 Å². The molecule has 0 radical (unpaired) electrons. The molecule has 0 aliphatic heterocycles. The third kappa shape index (κ3) is 3.16. The van der Waals surface area contributed by atoms with Crippen molar-refractivity contribution in [3.8, 4) is 17.4 Å². The van der Waals surface area contributed by atoms with Crippen LogP contribution in [0.25, 0.3) is 11.5 Å². The van der Waals surface area contributed by atoms with Crippen LogP contribution in [0.1, 0.15) is 19.0 Å². The molecule has 0 aliphatic rings. The Morgan fingerprint density at radius 1 is 1.42 bits per heavy atom. The van der Waals surface area contributed by atoms with Crippen LogP contribution >= 0.6 is 28.1 Å². The first-order valence-corrected chi connectivity index (χ1v) is 7.01. The van der Waals surface area contributed by atoms with Gasteiger partial charge in [-0.1, -0.05) is 25.6 Å². The fourth-order valence-electron chi connectivity index (χ4n) is 1.63. The number of aromatic amines is 1. The lowest BCUT2D eigenvalue weighted by Crippen LogP contribution is -2.00. The van der Waals surface area contributed by atoms with Crippen LogP contribution in [0.15, 0.2) is 16.9 Å². The number of hydrogen-bond donors (Lipinski definition) is 1. The highest BCUT2D eigenvalue weighted by Gasteiger charge is 2.09. The van der Waals surface area contributed by atoms with Crippen LogP contribution in [0.3, 0.4) is 0 Å². The molecule has 0 saturated heterocycles. The van der Waals surface area contributed by atoms with Gasteiger partial charge >= 0.3 is 0 Å². The van der Waals surface area contributed by atoms with Crippen LogP contribution in [0.2, 0.25) is 0 Å². The van der Waals surface area contributed by atoms with Gasteiger partial charge in [0.2, 0.25) is 5.88 Å². The van der Waals surface area contributed by atoms with Crippen LogP contribution in [-0.4, -0.2) is 27.0 Å². The first-order chi connectivity index (χ1) is 9.15. The lowest BCUT2D eigenvalue weighted by Gasteiger charge is -2.07. The molecule has 2 aromatic heterocycles. The molecule has 100 valence electrons. The molecular weight excluding hydrogens is 328 g/mol. The zero-order chi connectivity index (χ0) is 13.8. The molecule has 5 nitrogen and oxygen atoms in total. The number of methoxy groups -OCH3 is 1. The molecule has 7 heteroatoms. The van der Waals surface area contributed by atoms with E-state index in [2.05, 4.69) is 42.8 Å². The number of nitrogens with zero attached hydrogens (tertiary/aromatic N) is 3. The molecule has 0 amide bonds. The molecular formula is C12H13BrN4OS. The predicted molar refractivity (Wildman–Crippen MR) is 78.7 cm³/mol. The predicted octanol–water partition coefficient (Wildman–Crippen LogP) is 3.32. The van der Waals surface area contributed by atoms with E-state index in [1.165, 1.54) is 6.33 Å². The summed E-state index contributed by atoms with van der Waals surface area (Å²) < 4.78 is 6.44. The molecule has 2 aromatic rings. The Hall–Kier alpha value is -1.34. The maximum atomic E-state index is 5.25. The van der Waals surface area contributed by atoms with E-state index in [0.717, 1.165) is 23.0 Å². The maximum Gasteiger partial charge on any atom is 0.216 e. The number of aromatic nitrogens is 4. The molecule has 0 bridgehead atoms. The van der Waals surface area contributed by atoms with E-state index in [0.29, 0.717) is 22.0 Å². The molecule has 1 N–H and O–H groups in total. The normalized spacial score (nSPS) is 10.5. The number of nitrogens with one attached hydrogen (secondary N) is 1. The molecule has 0 atom stereocenters. The first kappa shape index (κ1) is 14.1. The Labute approximate surface area is 124 Å². The highest BCUT2D eigenvalue weighted by molar-refractivity contribution is 9.10. The van der Waals surface area contributed by atoms with Gasteiger partial charge in [-0.15, -0.1) is 0 Å². The zero-order valence-electron chi connectivity index (χ0n) is 10.6. The number of H-pyrrole nitrogens is 1. The third-order valence-electron chi connectivity index (χ3n) is 2.53. The van der Waals surface area contributed by atoms with E-state index in [9.17, 15) is 0 Å². The fourth-order valence-corrected chi connectivity index (χ4v) is 2.23. The summed E-state index contributed by atoms with van der Waals surface area (Å²) >= 11 is 8.71. The van der Waals surface area contributed by atoms with Gasteiger partial charge in [0.1, 0.15) is 16.7 Å². The van der Waals surface area contributed by atoms with Crippen LogP contribution in [0.4, 0.5) is 0 Å².